The van der Waals surface area contributed by atoms with E-state index in [9.17, 15) is 4.79 Å². The largest absolute Gasteiger partial charge is 0.493 e. The number of carbonyl (C=O) groups is 1. The maximum Gasteiger partial charge on any atom is 0.251 e. The summed E-state index contributed by atoms with van der Waals surface area (Å²) in [5.41, 5.74) is 1.34. The summed E-state index contributed by atoms with van der Waals surface area (Å²) in [6.07, 6.45) is 0. The molecule has 0 spiro atoms. The number of ether oxygens (including phenoxy) is 4. The maximum absolute atomic E-state index is 12.6. The first-order chi connectivity index (χ1) is 12.6. The first-order valence-electron chi connectivity index (χ1n) is 8.30. The third kappa shape index (κ3) is 3.88. The highest BCUT2D eigenvalue weighted by molar-refractivity contribution is 9.10. The summed E-state index contributed by atoms with van der Waals surface area (Å²) < 4.78 is 22.8. The van der Waals surface area contributed by atoms with Crippen LogP contribution in [0.4, 0.5) is 0 Å². The molecule has 1 heterocycles. The number of nitrogens with one attached hydrogen (secondary N) is 1. The molecule has 26 heavy (non-hydrogen) atoms. The number of fused-ring (bicyclic) bond motifs is 1. The molecule has 0 radical (unpaired) electrons. The molecule has 2 aromatic carbocycles. The van der Waals surface area contributed by atoms with Gasteiger partial charge in [-0.15, -0.1) is 0 Å². The van der Waals surface area contributed by atoms with E-state index < -0.39 is 0 Å². The van der Waals surface area contributed by atoms with Gasteiger partial charge in [0.25, 0.3) is 5.91 Å². The number of para-hydroxylation sites is 1. The quantitative estimate of drug-likeness (QED) is 0.772. The van der Waals surface area contributed by atoms with Gasteiger partial charge in [-0.1, -0.05) is 12.1 Å². The summed E-state index contributed by atoms with van der Waals surface area (Å²) in [6, 6.07) is 9.01. The van der Waals surface area contributed by atoms with Gasteiger partial charge >= 0.3 is 0 Å². The number of benzene rings is 2. The molecule has 7 heteroatoms. The highest BCUT2D eigenvalue weighted by Crippen LogP contribution is 2.37. The minimum absolute atomic E-state index is 0.221. The zero-order valence-electron chi connectivity index (χ0n) is 14.6. The Morgan fingerprint density at radius 1 is 1.27 bits per heavy atom. The molecule has 0 aliphatic carbocycles. The van der Waals surface area contributed by atoms with Crippen LogP contribution in [0.1, 0.15) is 22.8 Å². The number of rotatable bonds is 6. The van der Waals surface area contributed by atoms with Crippen LogP contribution in [0.25, 0.3) is 0 Å². The van der Waals surface area contributed by atoms with E-state index in [0.717, 1.165) is 5.56 Å². The zero-order valence-corrected chi connectivity index (χ0v) is 16.2. The molecule has 0 atom stereocenters. The first kappa shape index (κ1) is 18.4. The molecular weight excluding hydrogens is 402 g/mol. The predicted molar refractivity (Wildman–Crippen MR) is 100 cm³/mol. The van der Waals surface area contributed by atoms with Gasteiger partial charge in [0.1, 0.15) is 13.2 Å². The molecule has 6 nitrogen and oxygen atoms in total. The average molecular weight is 422 g/mol. The molecule has 0 saturated carbocycles. The van der Waals surface area contributed by atoms with Crippen molar-refractivity contribution in [1.82, 2.24) is 5.32 Å². The van der Waals surface area contributed by atoms with Gasteiger partial charge in [-0.3, -0.25) is 4.79 Å². The van der Waals surface area contributed by atoms with Gasteiger partial charge in [-0.25, -0.2) is 0 Å². The Balaban J connectivity index is 1.76. The van der Waals surface area contributed by atoms with Crippen molar-refractivity contribution in [3.05, 3.63) is 45.9 Å². The highest BCUT2D eigenvalue weighted by Gasteiger charge is 2.18. The fraction of sp³-hybridized carbons (Fsp3) is 0.316. The van der Waals surface area contributed by atoms with E-state index in [4.69, 9.17) is 18.9 Å². The number of halogens is 1. The van der Waals surface area contributed by atoms with Crippen LogP contribution in [0.3, 0.4) is 0 Å². The van der Waals surface area contributed by atoms with E-state index >= 15 is 0 Å². The Morgan fingerprint density at radius 2 is 2.08 bits per heavy atom. The van der Waals surface area contributed by atoms with Crippen LogP contribution >= 0.6 is 15.9 Å². The van der Waals surface area contributed by atoms with Crippen molar-refractivity contribution in [3.63, 3.8) is 0 Å². The summed E-state index contributed by atoms with van der Waals surface area (Å²) in [6.45, 7) is 3.75. The van der Waals surface area contributed by atoms with Crippen molar-refractivity contribution in [2.24, 2.45) is 0 Å². The van der Waals surface area contributed by atoms with Crippen molar-refractivity contribution in [1.29, 1.82) is 0 Å². The second-order valence-electron chi connectivity index (χ2n) is 5.55. The first-order valence-corrected chi connectivity index (χ1v) is 9.09. The summed E-state index contributed by atoms with van der Waals surface area (Å²) in [4.78, 5) is 12.6. The van der Waals surface area contributed by atoms with Crippen LogP contribution in [-0.2, 0) is 6.54 Å². The van der Waals surface area contributed by atoms with Crippen LogP contribution in [0.2, 0.25) is 0 Å². The summed E-state index contributed by atoms with van der Waals surface area (Å²) in [5.74, 6) is 2.24. The molecule has 3 rings (SSSR count). The van der Waals surface area contributed by atoms with Crippen LogP contribution < -0.4 is 24.3 Å². The second-order valence-corrected chi connectivity index (χ2v) is 6.40. The van der Waals surface area contributed by atoms with Crippen LogP contribution in [0.15, 0.2) is 34.8 Å². The smallest absolute Gasteiger partial charge is 0.251 e. The minimum Gasteiger partial charge on any atom is -0.493 e. The average Bonchev–Trinajstić information content (AvgIpc) is 2.67. The lowest BCUT2D eigenvalue weighted by Crippen LogP contribution is -2.24. The van der Waals surface area contributed by atoms with Crippen LogP contribution in [-0.4, -0.2) is 32.8 Å². The standard InChI is InChI=1S/C19H20BrNO5/c1-3-24-18-14(20)9-13(10-16(18)23-2)19(22)21-11-12-5-4-6-15-17(12)26-8-7-25-15/h4-6,9-10H,3,7-8,11H2,1-2H3,(H,21,22). The maximum atomic E-state index is 12.6. The van der Waals surface area contributed by atoms with E-state index in [1.165, 1.54) is 0 Å². The van der Waals surface area contributed by atoms with E-state index in [1.54, 1.807) is 19.2 Å². The molecule has 138 valence electrons. The molecule has 1 N–H and O–H groups in total. The molecule has 1 amide bonds. The van der Waals surface area contributed by atoms with Crippen LogP contribution in [0.5, 0.6) is 23.0 Å². The molecule has 0 fully saturated rings. The number of hydrogen-bond acceptors (Lipinski definition) is 5. The fourth-order valence-corrected chi connectivity index (χ4v) is 3.24. The van der Waals surface area contributed by atoms with Gasteiger partial charge in [0, 0.05) is 17.7 Å². The fourth-order valence-electron chi connectivity index (χ4n) is 2.69. The van der Waals surface area contributed by atoms with Gasteiger partial charge in [0.05, 0.1) is 18.2 Å². The second kappa shape index (κ2) is 8.31. The summed E-state index contributed by atoms with van der Waals surface area (Å²) >= 11 is 3.43. The number of amides is 1. The van der Waals surface area contributed by atoms with Crippen LogP contribution in [0, 0.1) is 0 Å². The van der Waals surface area contributed by atoms with Crippen molar-refractivity contribution >= 4 is 21.8 Å². The van der Waals surface area contributed by atoms with Crippen molar-refractivity contribution < 1.29 is 23.7 Å². The molecule has 0 bridgehead atoms. The molecule has 1 aliphatic heterocycles. The molecular formula is C19H20BrNO5. The molecule has 2 aromatic rings. The van der Waals surface area contributed by atoms with Gasteiger partial charge in [0.15, 0.2) is 23.0 Å². The summed E-state index contributed by atoms with van der Waals surface area (Å²) in [7, 11) is 1.54. The summed E-state index contributed by atoms with van der Waals surface area (Å²) in [5, 5.41) is 2.90. The minimum atomic E-state index is -0.221. The van der Waals surface area contributed by atoms with Crippen molar-refractivity contribution in [2.45, 2.75) is 13.5 Å². The SMILES string of the molecule is CCOc1c(Br)cc(C(=O)NCc2cccc3c2OCCO3)cc1OC. The Labute approximate surface area is 160 Å². The lowest BCUT2D eigenvalue weighted by Gasteiger charge is -2.21. The third-order valence-corrected chi connectivity index (χ3v) is 4.46. The zero-order chi connectivity index (χ0) is 18.5. The molecule has 0 unspecified atom stereocenters. The Kier molecular flexibility index (Phi) is 5.88. The number of carbonyl (C=O) groups excluding carboxylic acids is 1. The topological polar surface area (TPSA) is 66.0 Å². The van der Waals surface area contributed by atoms with E-state index in [0.29, 0.717) is 59.4 Å². The van der Waals surface area contributed by atoms with Gasteiger partial charge < -0.3 is 24.3 Å². The molecule has 0 aromatic heterocycles. The number of hydrogen-bond donors (Lipinski definition) is 1. The van der Waals surface area contributed by atoms with E-state index in [-0.39, 0.29) is 5.91 Å². The van der Waals surface area contributed by atoms with Gasteiger partial charge in [-0.2, -0.15) is 0 Å². The Bertz CT molecular complexity index is 809. The monoisotopic (exact) mass is 421 g/mol. The molecule has 1 aliphatic rings. The normalized spacial score (nSPS) is 12.4. The lowest BCUT2D eigenvalue weighted by molar-refractivity contribution is 0.0949. The van der Waals surface area contributed by atoms with E-state index in [2.05, 4.69) is 21.2 Å². The molecule has 0 saturated heterocycles. The lowest BCUT2D eigenvalue weighted by atomic mass is 10.1. The van der Waals surface area contributed by atoms with E-state index in [1.807, 2.05) is 25.1 Å². The van der Waals surface area contributed by atoms with Crippen molar-refractivity contribution in [3.8, 4) is 23.0 Å². The number of methoxy groups -OCH3 is 1. The third-order valence-electron chi connectivity index (χ3n) is 3.87. The Morgan fingerprint density at radius 3 is 2.85 bits per heavy atom. The highest BCUT2D eigenvalue weighted by atomic mass is 79.9. The van der Waals surface area contributed by atoms with Gasteiger partial charge in [-0.05, 0) is 41.1 Å². The Hall–Kier alpha value is -2.41. The van der Waals surface area contributed by atoms with Crippen molar-refractivity contribution in [2.75, 3.05) is 26.9 Å². The predicted octanol–water partition coefficient (Wildman–Crippen LogP) is 3.56. The van der Waals surface area contributed by atoms with Gasteiger partial charge in [0.2, 0.25) is 0 Å².